The molecule has 0 radical (unpaired) electrons. The molecule has 0 spiro atoms. The van der Waals surface area contributed by atoms with Gasteiger partial charge < -0.3 is 14.6 Å². The predicted octanol–water partition coefficient (Wildman–Crippen LogP) is 1.73. The van der Waals surface area contributed by atoms with Gasteiger partial charge in [0.05, 0.1) is 13.7 Å². The fourth-order valence-corrected chi connectivity index (χ4v) is 1.25. The molecule has 96 valence electrons. The van der Waals surface area contributed by atoms with Crippen LogP contribution in [0.15, 0.2) is 30.3 Å². The molecule has 0 saturated heterocycles. The van der Waals surface area contributed by atoms with Crippen LogP contribution in [0.5, 0.6) is 5.75 Å². The van der Waals surface area contributed by atoms with Crippen molar-refractivity contribution in [3.63, 3.8) is 0 Å². The second-order valence-corrected chi connectivity index (χ2v) is 3.35. The summed E-state index contributed by atoms with van der Waals surface area (Å²) in [5, 5.41) is 9.70. The van der Waals surface area contributed by atoms with Crippen LogP contribution in [0, 0.1) is 0 Å². The minimum Gasteiger partial charge on any atom is -0.507 e. The molecule has 0 aliphatic heterocycles. The highest BCUT2D eigenvalue weighted by atomic mass is 16.5. The third kappa shape index (κ3) is 3.62. The quantitative estimate of drug-likeness (QED) is 0.373. The maximum Gasteiger partial charge on any atom is 0.379 e. The Morgan fingerprint density at radius 1 is 1.39 bits per heavy atom. The number of ketones is 1. The third-order valence-corrected chi connectivity index (χ3v) is 2.11. The molecule has 1 aromatic carbocycles. The molecule has 0 aliphatic rings. The third-order valence-electron chi connectivity index (χ3n) is 2.11. The Hall–Kier alpha value is -2.30. The zero-order chi connectivity index (χ0) is 13.5. The van der Waals surface area contributed by atoms with Crippen LogP contribution in [-0.4, -0.2) is 30.6 Å². The SMILES string of the molecule is CCOC(=O)C(=O)/C=C(/O)c1cccc(OC)c1. The number of benzene rings is 1. The number of hydrogen-bond acceptors (Lipinski definition) is 5. The van der Waals surface area contributed by atoms with Crippen LogP contribution in [0.25, 0.3) is 5.76 Å². The summed E-state index contributed by atoms with van der Waals surface area (Å²) in [7, 11) is 1.49. The molecule has 0 aromatic heterocycles. The normalized spacial score (nSPS) is 10.9. The molecule has 1 aromatic rings. The van der Waals surface area contributed by atoms with Gasteiger partial charge in [-0.1, -0.05) is 12.1 Å². The van der Waals surface area contributed by atoms with Gasteiger partial charge in [-0.3, -0.25) is 4.79 Å². The van der Waals surface area contributed by atoms with E-state index in [1.807, 2.05) is 0 Å². The maximum atomic E-state index is 11.3. The van der Waals surface area contributed by atoms with Crippen molar-refractivity contribution in [1.82, 2.24) is 0 Å². The Bertz CT molecular complexity index is 476. The summed E-state index contributed by atoms with van der Waals surface area (Å²) in [5.41, 5.74) is 0.381. The van der Waals surface area contributed by atoms with E-state index in [9.17, 15) is 14.7 Å². The van der Waals surface area contributed by atoms with E-state index in [1.54, 1.807) is 31.2 Å². The second kappa shape index (κ2) is 6.44. The minimum atomic E-state index is -0.994. The number of hydrogen-bond donors (Lipinski definition) is 1. The Morgan fingerprint density at radius 3 is 2.72 bits per heavy atom. The Balaban J connectivity index is 2.88. The molecule has 5 heteroatoms. The number of carbonyl (C=O) groups excluding carboxylic acids is 2. The molecule has 0 bridgehead atoms. The van der Waals surface area contributed by atoms with Gasteiger partial charge >= 0.3 is 5.97 Å². The lowest BCUT2D eigenvalue weighted by Crippen LogP contribution is -2.15. The first-order valence-corrected chi connectivity index (χ1v) is 5.34. The van der Waals surface area contributed by atoms with Crippen LogP contribution in [0.2, 0.25) is 0 Å². The highest BCUT2D eigenvalue weighted by molar-refractivity contribution is 6.39. The van der Waals surface area contributed by atoms with Crippen molar-refractivity contribution in [2.45, 2.75) is 6.92 Å². The van der Waals surface area contributed by atoms with Crippen LogP contribution >= 0.6 is 0 Å². The smallest absolute Gasteiger partial charge is 0.379 e. The Labute approximate surface area is 105 Å². The predicted molar refractivity (Wildman–Crippen MR) is 65.2 cm³/mol. The summed E-state index contributed by atoms with van der Waals surface area (Å²) in [6.07, 6.45) is 0.826. The maximum absolute atomic E-state index is 11.3. The molecule has 18 heavy (non-hydrogen) atoms. The molecule has 5 nitrogen and oxygen atoms in total. The molecule has 0 atom stereocenters. The molecule has 1 N–H and O–H groups in total. The van der Waals surface area contributed by atoms with E-state index in [0.717, 1.165) is 6.08 Å². The number of carbonyl (C=O) groups is 2. The first-order chi connectivity index (χ1) is 8.58. The number of methoxy groups -OCH3 is 1. The first kappa shape index (κ1) is 13.8. The van der Waals surface area contributed by atoms with E-state index in [4.69, 9.17) is 4.74 Å². The zero-order valence-electron chi connectivity index (χ0n) is 10.2. The lowest BCUT2D eigenvalue weighted by molar-refractivity contribution is -0.151. The highest BCUT2D eigenvalue weighted by Crippen LogP contribution is 2.18. The Morgan fingerprint density at radius 2 is 2.11 bits per heavy atom. The van der Waals surface area contributed by atoms with Crippen molar-refractivity contribution in [2.24, 2.45) is 0 Å². The topological polar surface area (TPSA) is 72.8 Å². The van der Waals surface area contributed by atoms with Crippen molar-refractivity contribution >= 4 is 17.5 Å². The van der Waals surface area contributed by atoms with Gasteiger partial charge in [0.25, 0.3) is 5.78 Å². The van der Waals surface area contributed by atoms with Crippen LogP contribution < -0.4 is 4.74 Å². The molecule has 0 heterocycles. The van der Waals surface area contributed by atoms with Crippen LogP contribution in [0.3, 0.4) is 0 Å². The number of esters is 1. The number of ether oxygens (including phenoxy) is 2. The van der Waals surface area contributed by atoms with Crippen LogP contribution in [0.1, 0.15) is 12.5 Å². The van der Waals surface area contributed by atoms with E-state index in [1.165, 1.54) is 7.11 Å². The molecule has 0 amide bonds. The monoisotopic (exact) mass is 250 g/mol. The molecule has 0 saturated carbocycles. The van der Waals surface area contributed by atoms with Gasteiger partial charge in [0.2, 0.25) is 0 Å². The lowest BCUT2D eigenvalue weighted by Gasteiger charge is -2.03. The van der Waals surface area contributed by atoms with Crippen molar-refractivity contribution < 1.29 is 24.2 Å². The standard InChI is InChI=1S/C13H14O5/c1-3-18-13(16)12(15)8-11(14)9-5-4-6-10(7-9)17-2/h4-8,14H,3H2,1-2H3/b11-8+. The van der Waals surface area contributed by atoms with E-state index in [0.29, 0.717) is 11.3 Å². The lowest BCUT2D eigenvalue weighted by atomic mass is 10.1. The summed E-state index contributed by atoms with van der Waals surface area (Å²) in [4.78, 5) is 22.4. The van der Waals surface area contributed by atoms with E-state index >= 15 is 0 Å². The average Bonchev–Trinajstić information content (AvgIpc) is 2.39. The summed E-state index contributed by atoms with van der Waals surface area (Å²) >= 11 is 0. The van der Waals surface area contributed by atoms with E-state index in [-0.39, 0.29) is 12.4 Å². The number of rotatable bonds is 5. The summed E-state index contributed by atoms with van der Waals surface area (Å²) in [5.74, 6) is -1.67. The van der Waals surface area contributed by atoms with Crippen molar-refractivity contribution in [1.29, 1.82) is 0 Å². The molecule has 0 fully saturated rings. The molecule has 0 unspecified atom stereocenters. The molecule has 0 aliphatic carbocycles. The minimum absolute atomic E-state index is 0.109. The van der Waals surface area contributed by atoms with Crippen molar-refractivity contribution in [3.05, 3.63) is 35.9 Å². The summed E-state index contributed by atoms with van der Waals surface area (Å²) in [6.45, 7) is 1.70. The van der Waals surface area contributed by atoms with Crippen molar-refractivity contribution in [2.75, 3.05) is 13.7 Å². The summed E-state index contributed by atoms with van der Waals surface area (Å²) in [6, 6.07) is 6.49. The highest BCUT2D eigenvalue weighted by Gasteiger charge is 2.13. The molecular formula is C13H14O5. The van der Waals surface area contributed by atoms with Gasteiger partial charge in [0.1, 0.15) is 11.5 Å². The molecule has 1 rings (SSSR count). The second-order valence-electron chi connectivity index (χ2n) is 3.35. The number of aliphatic hydroxyl groups excluding tert-OH is 1. The van der Waals surface area contributed by atoms with Gasteiger partial charge in [-0.15, -0.1) is 0 Å². The summed E-state index contributed by atoms with van der Waals surface area (Å²) < 4.78 is 9.50. The fraction of sp³-hybridized carbons (Fsp3) is 0.231. The first-order valence-electron chi connectivity index (χ1n) is 5.34. The Kier molecular flexibility index (Phi) is 4.92. The van der Waals surface area contributed by atoms with E-state index < -0.39 is 11.8 Å². The average molecular weight is 250 g/mol. The van der Waals surface area contributed by atoms with Gasteiger partial charge in [-0.05, 0) is 19.1 Å². The van der Waals surface area contributed by atoms with Gasteiger partial charge in [-0.2, -0.15) is 0 Å². The van der Waals surface area contributed by atoms with Gasteiger partial charge in [0.15, 0.2) is 0 Å². The van der Waals surface area contributed by atoms with Crippen molar-refractivity contribution in [3.8, 4) is 5.75 Å². The van der Waals surface area contributed by atoms with Gasteiger partial charge in [-0.25, -0.2) is 4.79 Å². The molecular weight excluding hydrogens is 236 g/mol. The van der Waals surface area contributed by atoms with Gasteiger partial charge in [0, 0.05) is 11.6 Å². The van der Waals surface area contributed by atoms with Crippen LogP contribution in [0.4, 0.5) is 0 Å². The fourth-order valence-electron chi connectivity index (χ4n) is 1.25. The van der Waals surface area contributed by atoms with Crippen LogP contribution in [-0.2, 0) is 14.3 Å². The van der Waals surface area contributed by atoms with E-state index in [2.05, 4.69) is 4.74 Å². The largest absolute Gasteiger partial charge is 0.507 e. The number of aliphatic hydroxyl groups is 1. The zero-order valence-corrected chi connectivity index (χ0v) is 10.2.